The van der Waals surface area contributed by atoms with E-state index in [-0.39, 0.29) is 6.16 Å². The molecule has 6 heteroatoms. The molecule has 5 nitrogen and oxygen atoms in total. The van der Waals surface area contributed by atoms with Crippen LogP contribution < -0.4 is 5.73 Å². The predicted octanol–water partition coefficient (Wildman–Crippen LogP) is 3.79. The summed E-state index contributed by atoms with van der Waals surface area (Å²) < 4.78 is 12.4. The first kappa shape index (κ1) is 19.7. The van der Waals surface area contributed by atoms with Gasteiger partial charge in [0, 0.05) is 6.16 Å². The molecule has 22 heavy (non-hydrogen) atoms. The molecule has 1 saturated carbocycles. The van der Waals surface area contributed by atoms with Gasteiger partial charge in [0.05, 0.1) is 11.7 Å². The number of hydrogen-bond acceptors (Lipinski definition) is 3. The van der Waals surface area contributed by atoms with Gasteiger partial charge in [0.1, 0.15) is 0 Å². The Balaban J connectivity index is 2.48. The Morgan fingerprint density at radius 3 is 2.45 bits per heavy atom. The molecule has 1 fully saturated rings. The monoisotopic (exact) mass is 333 g/mol. The second kappa shape index (κ2) is 9.69. The van der Waals surface area contributed by atoms with Crippen LogP contribution in [-0.4, -0.2) is 27.9 Å². The number of carboxylic acids is 1. The average Bonchev–Trinajstić information content (AvgIpc) is 2.96. The van der Waals surface area contributed by atoms with Crippen molar-refractivity contribution in [3.8, 4) is 0 Å². The molecule has 4 N–H and O–H groups in total. The summed E-state index contributed by atoms with van der Waals surface area (Å²) in [5.41, 5.74) is 5.85. The van der Waals surface area contributed by atoms with Crippen LogP contribution in [0, 0.1) is 11.8 Å². The highest BCUT2D eigenvalue weighted by molar-refractivity contribution is 7.58. The van der Waals surface area contributed by atoms with E-state index >= 15 is 0 Å². The van der Waals surface area contributed by atoms with Gasteiger partial charge in [-0.15, -0.1) is 0 Å². The number of unbranched alkanes of at least 4 members (excludes halogenated alkanes) is 2. The zero-order valence-electron chi connectivity index (χ0n) is 13.7. The standard InChI is InChI=1S/C16H32NO4P/c1-2-3-4-9-15(17)22(20,21)12-14(16(18)19)11-10-13-7-5-6-8-13/h13-15H,2-12,17H2,1H3,(H,18,19)(H,20,21). The van der Waals surface area contributed by atoms with E-state index in [0.29, 0.717) is 18.8 Å². The third kappa shape index (κ3) is 6.80. The molecule has 3 atom stereocenters. The molecule has 1 aliphatic carbocycles. The molecule has 1 aliphatic rings. The maximum absolute atomic E-state index is 12.4. The van der Waals surface area contributed by atoms with Crippen molar-refractivity contribution in [3.05, 3.63) is 0 Å². The summed E-state index contributed by atoms with van der Waals surface area (Å²) in [6.07, 6.45) is 9.28. The average molecular weight is 333 g/mol. The zero-order chi connectivity index (χ0) is 16.6. The third-order valence-corrected chi connectivity index (χ3v) is 7.11. The van der Waals surface area contributed by atoms with Crippen molar-refractivity contribution in [1.82, 2.24) is 0 Å². The second-order valence-electron chi connectivity index (χ2n) is 6.76. The summed E-state index contributed by atoms with van der Waals surface area (Å²) in [7, 11) is -3.60. The van der Waals surface area contributed by atoms with Crippen LogP contribution >= 0.6 is 7.37 Å². The van der Waals surface area contributed by atoms with Crippen molar-refractivity contribution in [1.29, 1.82) is 0 Å². The quantitative estimate of drug-likeness (QED) is 0.394. The number of nitrogens with two attached hydrogens (primary N) is 1. The van der Waals surface area contributed by atoms with Crippen molar-refractivity contribution in [2.24, 2.45) is 17.6 Å². The van der Waals surface area contributed by atoms with Gasteiger partial charge in [0.2, 0.25) is 7.37 Å². The van der Waals surface area contributed by atoms with Crippen LogP contribution in [0.3, 0.4) is 0 Å². The molecule has 0 aromatic rings. The van der Waals surface area contributed by atoms with Crippen molar-refractivity contribution in [2.45, 2.75) is 76.9 Å². The molecule has 0 aliphatic heterocycles. The molecule has 0 aromatic carbocycles. The minimum absolute atomic E-state index is 0.178. The Morgan fingerprint density at radius 1 is 1.27 bits per heavy atom. The van der Waals surface area contributed by atoms with Gasteiger partial charge >= 0.3 is 5.97 Å². The predicted molar refractivity (Wildman–Crippen MR) is 89.1 cm³/mol. The molecule has 130 valence electrons. The van der Waals surface area contributed by atoms with Crippen LogP contribution in [0.4, 0.5) is 0 Å². The van der Waals surface area contributed by atoms with E-state index < -0.39 is 25.0 Å². The summed E-state index contributed by atoms with van der Waals surface area (Å²) in [5, 5.41) is 9.33. The summed E-state index contributed by atoms with van der Waals surface area (Å²) >= 11 is 0. The van der Waals surface area contributed by atoms with E-state index in [9.17, 15) is 19.4 Å². The topological polar surface area (TPSA) is 101 Å². The van der Waals surface area contributed by atoms with E-state index in [2.05, 4.69) is 6.92 Å². The maximum Gasteiger partial charge on any atom is 0.307 e. The molecular formula is C16H32NO4P. The molecule has 1 rings (SSSR count). The van der Waals surface area contributed by atoms with E-state index in [1.54, 1.807) is 0 Å². The van der Waals surface area contributed by atoms with Gasteiger partial charge in [0.25, 0.3) is 0 Å². The van der Waals surface area contributed by atoms with Crippen LogP contribution in [0.1, 0.15) is 71.1 Å². The van der Waals surface area contributed by atoms with Gasteiger partial charge in [-0.3, -0.25) is 9.36 Å². The first-order valence-corrected chi connectivity index (χ1v) is 10.6. The lowest BCUT2D eigenvalue weighted by Gasteiger charge is -2.23. The smallest absolute Gasteiger partial charge is 0.307 e. The largest absolute Gasteiger partial charge is 0.481 e. The molecule has 0 aromatic heterocycles. The van der Waals surface area contributed by atoms with Crippen molar-refractivity contribution < 1.29 is 19.4 Å². The molecule has 0 bridgehead atoms. The number of aliphatic carboxylic acids is 1. The summed E-state index contributed by atoms with van der Waals surface area (Å²) in [6, 6.07) is 0. The van der Waals surface area contributed by atoms with Crippen LogP contribution in [-0.2, 0) is 9.36 Å². The lowest BCUT2D eigenvalue weighted by atomic mass is 9.96. The molecular weight excluding hydrogens is 301 g/mol. The molecule has 3 unspecified atom stereocenters. The van der Waals surface area contributed by atoms with E-state index in [0.717, 1.165) is 25.7 Å². The summed E-state index contributed by atoms with van der Waals surface area (Å²) in [6.45, 7) is 2.06. The van der Waals surface area contributed by atoms with Gasteiger partial charge < -0.3 is 15.7 Å². The minimum Gasteiger partial charge on any atom is -0.481 e. The van der Waals surface area contributed by atoms with Crippen molar-refractivity contribution in [3.63, 3.8) is 0 Å². The van der Waals surface area contributed by atoms with Crippen LogP contribution in [0.25, 0.3) is 0 Å². The fraction of sp³-hybridized carbons (Fsp3) is 0.938. The number of rotatable bonds is 11. The van der Waals surface area contributed by atoms with Gasteiger partial charge in [-0.25, -0.2) is 0 Å². The van der Waals surface area contributed by atoms with Crippen molar-refractivity contribution in [2.75, 3.05) is 6.16 Å². The molecule has 0 heterocycles. The molecule has 0 spiro atoms. The molecule has 0 radical (unpaired) electrons. The highest BCUT2D eigenvalue weighted by Crippen LogP contribution is 2.48. The highest BCUT2D eigenvalue weighted by atomic mass is 31.2. The Morgan fingerprint density at radius 2 is 1.91 bits per heavy atom. The van der Waals surface area contributed by atoms with Gasteiger partial charge in [0.15, 0.2) is 0 Å². The highest BCUT2D eigenvalue weighted by Gasteiger charge is 2.34. The van der Waals surface area contributed by atoms with E-state index in [4.69, 9.17) is 5.73 Å². The fourth-order valence-corrected chi connectivity index (χ4v) is 5.11. The van der Waals surface area contributed by atoms with Crippen LogP contribution in [0.15, 0.2) is 0 Å². The molecule has 0 amide bonds. The number of hydrogen-bond donors (Lipinski definition) is 3. The Kier molecular flexibility index (Phi) is 8.66. The Labute approximate surface area is 134 Å². The summed E-state index contributed by atoms with van der Waals surface area (Å²) in [5.74, 6) is -1.90. The fourth-order valence-electron chi connectivity index (χ4n) is 3.29. The second-order valence-corrected chi connectivity index (χ2v) is 9.30. The van der Waals surface area contributed by atoms with Gasteiger partial charge in [-0.05, 0) is 25.2 Å². The van der Waals surface area contributed by atoms with Gasteiger partial charge in [-0.2, -0.15) is 0 Å². The molecule has 0 saturated heterocycles. The first-order valence-electron chi connectivity index (χ1n) is 8.66. The number of carboxylic acid groups (broad SMARTS) is 1. The van der Waals surface area contributed by atoms with Crippen molar-refractivity contribution >= 4 is 13.3 Å². The Hall–Kier alpha value is -0.380. The zero-order valence-corrected chi connectivity index (χ0v) is 14.6. The lowest BCUT2D eigenvalue weighted by Crippen LogP contribution is -2.27. The Bertz CT molecular complexity index is 382. The first-order chi connectivity index (χ1) is 10.4. The SMILES string of the molecule is CCCCCC(N)P(=O)(O)CC(CCC1CCCC1)C(=O)O. The van der Waals surface area contributed by atoms with Gasteiger partial charge in [-0.1, -0.05) is 51.9 Å². The maximum atomic E-state index is 12.4. The van der Waals surface area contributed by atoms with Crippen LogP contribution in [0.2, 0.25) is 0 Å². The minimum atomic E-state index is -3.60. The normalized spacial score (nSPS) is 21.4. The lowest BCUT2D eigenvalue weighted by molar-refractivity contribution is -0.141. The van der Waals surface area contributed by atoms with Crippen LogP contribution in [0.5, 0.6) is 0 Å². The third-order valence-electron chi connectivity index (χ3n) is 4.85. The summed E-state index contributed by atoms with van der Waals surface area (Å²) in [4.78, 5) is 21.6. The van der Waals surface area contributed by atoms with E-state index in [1.807, 2.05) is 0 Å². The number of carbonyl (C=O) groups is 1. The van der Waals surface area contributed by atoms with E-state index in [1.165, 1.54) is 25.7 Å².